The zero-order valence-corrected chi connectivity index (χ0v) is 14.0. The van der Waals surface area contributed by atoms with Crippen molar-refractivity contribution < 1.29 is 9.53 Å². The molecule has 0 radical (unpaired) electrons. The zero-order valence-electron chi connectivity index (χ0n) is 14.0. The molecule has 1 saturated heterocycles. The Labute approximate surface area is 142 Å². The van der Waals surface area contributed by atoms with Crippen LogP contribution in [0.1, 0.15) is 28.9 Å². The molecule has 24 heavy (non-hydrogen) atoms. The summed E-state index contributed by atoms with van der Waals surface area (Å²) in [5.74, 6) is 1.36. The molecule has 2 aromatic rings. The molecule has 1 aromatic heterocycles. The number of piperidine rings is 1. The molecule has 0 aliphatic carbocycles. The molecule has 1 aliphatic heterocycles. The van der Waals surface area contributed by atoms with E-state index in [1.807, 2.05) is 12.1 Å². The fourth-order valence-electron chi connectivity index (χ4n) is 3.05. The predicted octanol–water partition coefficient (Wildman–Crippen LogP) is 2.06. The highest BCUT2D eigenvalue weighted by Crippen LogP contribution is 2.19. The topological polar surface area (TPSA) is 70.2 Å². The molecule has 128 valence electrons. The molecular weight excluding hydrogens is 304 g/mol. The SMILES string of the molecule is COc1ccc(CN2CCC(CNC(=O)c3ccn[nH]3)CC2)cc1. The van der Waals surface area contributed by atoms with Crippen molar-refractivity contribution in [3.63, 3.8) is 0 Å². The van der Waals surface area contributed by atoms with Crippen molar-refractivity contribution in [2.45, 2.75) is 19.4 Å². The van der Waals surface area contributed by atoms with Crippen molar-refractivity contribution in [1.82, 2.24) is 20.4 Å². The Morgan fingerprint density at radius 2 is 2.04 bits per heavy atom. The van der Waals surface area contributed by atoms with Crippen LogP contribution < -0.4 is 10.1 Å². The Bertz CT molecular complexity index is 632. The zero-order chi connectivity index (χ0) is 16.8. The van der Waals surface area contributed by atoms with Gasteiger partial charge >= 0.3 is 0 Å². The number of likely N-dealkylation sites (tertiary alicyclic amines) is 1. The summed E-state index contributed by atoms with van der Waals surface area (Å²) in [6.45, 7) is 3.83. The van der Waals surface area contributed by atoms with Crippen molar-refractivity contribution in [3.8, 4) is 5.75 Å². The first-order valence-electron chi connectivity index (χ1n) is 8.37. The lowest BCUT2D eigenvalue weighted by atomic mass is 9.96. The Kier molecular flexibility index (Phi) is 5.48. The molecule has 1 aromatic carbocycles. The summed E-state index contributed by atoms with van der Waals surface area (Å²) >= 11 is 0. The summed E-state index contributed by atoms with van der Waals surface area (Å²) < 4.78 is 5.19. The van der Waals surface area contributed by atoms with Gasteiger partial charge in [0.1, 0.15) is 11.4 Å². The van der Waals surface area contributed by atoms with Crippen LogP contribution in [0.15, 0.2) is 36.5 Å². The molecule has 3 rings (SSSR count). The molecule has 2 heterocycles. The summed E-state index contributed by atoms with van der Waals surface area (Å²) in [4.78, 5) is 14.4. The number of aromatic nitrogens is 2. The van der Waals surface area contributed by atoms with Crippen molar-refractivity contribution in [2.75, 3.05) is 26.7 Å². The van der Waals surface area contributed by atoms with Gasteiger partial charge in [0.15, 0.2) is 0 Å². The number of benzene rings is 1. The number of hydrogen-bond acceptors (Lipinski definition) is 4. The van der Waals surface area contributed by atoms with Crippen molar-refractivity contribution in [3.05, 3.63) is 47.8 Å². The van der Waals surface area contributed by atoms with E-state index in [0.717, 1.165) is 44.8 Å². The summed E-state index contributed by atoms with van der Waals surface area (Å²) in [7, 11) is 1.69. The number of nitrogens with one attached hydrogen (secondary N) is 2. The number of H-pyrrole nitrogens is 1. The number of hydrogen-bond donors (Lipinski definition) is 2. The van der Waals surface area contributed by atoms with E-state index in [1.54, 1.807) is 19.4 Å². The Morgan fingerprint density at radius 1 is 1.29 bits per heavy atom. The van der Waals surface area contributed by atoms with Crippen molar-refractivity contribution >= 4 is 5.91 Å². The first kappa shape index (κ1) is 16.5. The van der Waals surface area contributed by atoms with Gasteiger partial charge < -0.3 is 10.1 Å². The molecule has 1 fully saturated rings. The minimum absolute atomic E-state index is 0.0758. The van der Waals surface area contributed by atoms with Gasteiger partial charge in [-0.3, -0.25) is 14.8 Å². The monoisotopic (exact) mass is 328 g/mol. The molecule has 0 unspecified atom stereocenters. The molecule has 0 spiro atoms. The fourth-order valence-corrected chi connectivity index (χ4v) is 3.05. The van der Waals surface area contributed by atoms with Gasteiger partial charge in [0.25, 0.3) is 5.91 Å². The molecule has 0 atom stereocenters. The van der Waals surface area contributed by atoms with Crippen LogP contribution in [-0.2, 0) is 6.54 Å². The number of methoxy groups -OCH3 is 1. The van der Waals surface area contributed by atoms with Crippen molar-refractivity contribution in [2.24, 2.45) is 5.92 Å². The molecule has 0 bridgehead atoms. The third-order valence-corrected chi connectivity index (χ3v) is 4.57. The third kappa shape index (κ3) is 4.35. The second-order valence-corrected chi connectivity index (χ2v) is 6.25. The van der Waals surface area contributed by atoms with Gasteiger partial charge in [-0.2, -0.15) is 5.10 Å². The van der Waals surface area contributed by atoms with Crippen LogP contribution in [0.5, 0.6) is 5.75 Å². The molecule has 0 saturated carbocycles. The maximum atomic E-state index is 11.9. The number of carbonyl (C=O) groups is 1. The molecule has 6 nitrogen and oxygen atoms in total. The first-order chi connectivity index (χ1) is 11.7. The maximum Gasteiger partial charge on any atom is 0.269 e. The maximum absolute atomic E-state index is 11.9. The van der Waals surface area contributed by atoms with Gasteiger partial charge in [-0.05, 0) is 55.6 Å². The van der Waals surface area contributed by atoms with Crippen molar-refractivity contribution in [1.29, 1.82) is 0 Å². The van der Waals surface area contributed by atoms with E-state index in [1.165, 1.54) is 5.56 Å². The molecule has 2 N–H and O–H groups in total. The van der Waals surface area contributed by atoms with Gasteiger partial charge in [-0.1, -0.05) is 12.1 Å². The summed E-state index contributed by atoms with van der Waals surface area (Å²) in [6, 6.07) is 9.94. The normalized spacial score (nSPS) is 16.0. The molecule has 1 amide bonds. The first-order valence-corrected chi connectivity index (χ1v) is 8.37. The highest BCUT2D eigenvalue weighted by Gasteiger charge is 2.20. The average molecular weight is 328 g/mol. The summed E-state index contributed by atoms with van der Waals surface area (Å²) in [6.07, 6.45) is 3.81. The highest BCUT2D eigenvalue weighted by molar-refractivity contribution is 5.92. The number of nitrogens with zero attached hydrogens (tertiary/aromatic N) is 2. The van der Waals surface area contributed by atoms with E-state index >= 15 is 0 Å². The van der Waals surface area contributed by atoms with E-state index in [0.29, 0.717) is 11.6 Å². The number of amides is 1. The van der Waals surface area contributed by atoms with E-state index in [-0.39, 0.29) is 5.91 Å². The number of carbonyl (C=O) groups excluding carboxylic acids is 1. The van der Waals surface area contributed by atoms with Crippen LogP contribution >= 0.6 is 0 Å². The van der Waals surface area contributed by atoms with Crippen LogP contribution in [0.2, 0.25) is 0 Å². The largest absolute Gasteiger partial charge is 0.497 e. The predicted molar refractivity (Wildman–Crippen MR) is 91.9 cm³/mol. The van der Waals surface area contributed by atoms with Crippen LogP contribution in [0.25, 0.3) is 0 Å². The minimum Gasteiger partial charge on any atom is -0.497 e. The number of ether oxygens (including phenoxy) is 1. The Morgan fingerprint density at radius 3 is 2.67 bits per heavy atom. The van der Waals surface area contributed by atoms with Crippen LogP contribution in [0.3, 0.4) is 0 Å². The Balaban J connectivity index is 1.39. The second kappa shape index (κ2) is 7.97. The lowest BCUT2D eigenvalue weighted by Crippen LogP contribution is -2.38. The average Bonchev–Trinajstić information content (AvgIpc) is 3.16. The summed E-state index contributed by atoms with van der Waals surface area (Å²) in [5, 5.41) is 9.48. The van der Waals surface area contributed by atoms with Crippen LogP contribution in [-0.4, -0.2) is 47.7 Å². The fraction of sp³-hybridized carbons (Fsp3) is 0.444. The lowest BCUT2D eigenvalue weighted by molar-refractivity contribution is 0.0930. The quantitative estimate of drug-likeness (QED) is 0.851. The smallest absolute Gasteiger partial charge is 0.269 e. The van der Waals surface area contributed by atoms with Gasteiger partial charge in [-0.25, -0.2) is 0 Å². The van der Waals surface area contributed by atoms with Gasteiger partial charge in [0.2, 0.25) is 0 Å². The Hall–Kier alpha value is -2.34. The lowest BCUT2D eigenvalue weighted by Gasteiger charge is -2.32. The highest BCUT2D eigenvalue weighted by atomic mass is 16.5. The standard InChI is InChI=1S/C18H24N4O2/c1-24-16-4-2-15(3-5-16)13-22-10-7-14(8-11-22)12-19-18(23)17-6-9-20-21-17/h2-6,9,14H,7-8,10-13H2,1H3,(H,19,23)(H,20,21). The van der Waals surface area contributed by atoms with Gasteiger partial charge in [-0.15, -0.1) is 0 Å². The summed E-state index contributed by atoms with van der Waals surface area (Å²) in [5.41, 5.74) is 1.83. The number of aromatic amines is 1. The minimum atomic E-state index is -0.0758. The van der Waals surface area contributed by atoms with E-state index in [4.69, 9.17) is 4.74 Å². The molecule has 6 heteroatoms. The third-order valence-electron chi connectivity index (χ3n) is 4.57. The van der Waals surface area contributed by atoms with Crippen LogP contribution in [0, 0.1) is 5.92 Å². The molecular formula is C18H24N4O2. The van der Waals surface area contributed by atoms with E-state index < -0.39 is 0 Å². The van der Waals surface area contributed by atoms with E-state index in [9.17, 15) is 4.79 Å². The van der Waals surface area contributed by atoms with E-state index in [2.05, 4.69) is 32.5 Å². The molecule has 1 aliphatic rings. The number of rotatable bonds is 6. The second-order valence-electron chi connectivity index (χ2n) is 6.25. The van der Waals surface area contributed by atoms with Gasteiger partial charge in [0.05, 0.1) is 7.11 Å². The van der Waals surface area contributed by atoms with Gasteiger partial charge in [0, 0.05) is 19.3 Å². The van der Waals surface area contributed by atoms with Crippen LogP contribution in [0.4, 0.5) is 0 Å².